The summed E-state index contributed by atoms with van der Waals surface area (Å²) >= 11 is 0. The van der Waals surface area contributed by atoms with Crippen molar-refractivity contribution in [2.75, 3.05) is 13.1 Å². The zero-order chi connectivity index (χ0) is 12.7. The van der Waals surface area contributed by atoms with E-state index in [1.54, 1.807) is 0 Å². The first-order valence-corrected chi connectivity index (χ1v) is 8.16. The standard InChI is InChI=1S/C16H30N2/c1-2-3-4-5-10-16(11-6-7-12-16)15-17-13-8-9-14-18-15/h2-14H2,1H3,(H,17,18). The van der Waals surface area contributed by atoms with Crippen molar-refractivity contribution in [1.29, 1.82) is 0 Å². The van der Waals surface area contributed by atoms with Gasteiger partial charge in [0.05, 0.1) is 0 Å². The molecule has 1 aliphatic carbocycles. The highest BCUT2D eigenvalue weighted by Gasteiger charge is 2.38. The number of aliphatic imine (C=N–C) groups is 1. The molecule has 0 radical (unpaired) electrons. The maximum Gasteiger partial charge on any atom is 0.103 e. The van der Waals surface area contributed by atoms with Crippen molar-refractivity contribution in [3.8, 4) is 0 Å². The van der Waals surface area contributed by atoms with E-state index in [9.17, 15) is 0 Å². The van der Waals surface area contributed by atoms with Crippen LogP contribution in [0.5, 0.6) is 0 Å². The van der Waals surface area contributed by atoms with Crippen molar-refractivity contribution in [2.45, 2.75) is 77.6 Å². The van der Waals surface area contributed by atoms with E-state index in [1.807, 2.05) is 0 Å². The molecule has 0 unspecified atom stereocenters. The average Bonchev–Trinajstić information content (AvgIpc) is 2.70. The van der Waals surface area contributed by atoms with Crippen LogP contribution in [0.1, 0.15) is 77.6 Å². The predicted octanol–water partition coefficient (Wildman–Crippen LogP) is 4.30. The lowest BCUT2D eigenvalue weighted by atomic mass is 9.79. The van der Waals surface area contributed by atoms with Crippen LogP contribution in [0.25, 0.3) is 0 Å². The topological polar surface area (TPSA) is 24.4 Å². The molecule has 1 heterocycles. The SMILES string of the molecule is CCCCCCC1(C2=NCCCCN2)CCCC1. The van der Waals surface area contributed by atoms with Gasteiger partial charge in [0.25, 0.3) is 0 Å². The van der Waals surface area contributed by atoms with Gasteiger partial charge in [0, 0.05) is 18.5 Å². The van der Waals surface area contributed by atoms with Gasteiger partial charge in [0.1, 0.15) is 5.84 Å². The minimum absolute atomic E-state index is 0.443. The first kappa shape index (κ1) is 13.9. The smallest absolute Gasteiger partial charge is 0.103 e. The predicted molar refractivity (Wildman–Crippen MR) is 79.2 cm³/mol. The Hall–Kier alpha value is -0.530. The van der Waals surface area contributed by atoms with Crippen LogP contribution >= 0.6 is 0 Å². The molecule has 0 aromatic rings. The highest BCUT2D eigenvalue weighted by Crippen LogP contribution is 2.43. The fourth-order valence-electron chi connectivity index (χ4n) is 3.59. The van der Waals surface area contributed by atoms with Gasteiger partial charge in [-0.3, -0.25) is 4.99 Å². The Balaban J connectivity index is 1.94. The van der Waals surface area contributed by atoms with Gasteiger partial charge < -0.3 is 5.32 Å². The fourth-order valence-corrected chi connectivity index (χ4v) is 3.59. The maximum absolute atomic E-state index is 4.88. The molecule has 2 heteroatoms. The Morgan fingerprint density at radius 3 is 2.67 bits per heavy atom. The molecule has 1 aliphatic heterocycles. The summed E-state index contributed by atoms with van der Waals surface area (Å²) in [6.45, 7) is 4.50. The second kappa shape index (κ2) is 7.16. The molecular formula is C16H30N2. The second-order valence-corrected chi connectivity index (χ2v) is 6.16. The molecule has 0 bridgehead atoms. The van der Waals surface area contributed by atoms with Crippen molar-refractivity contribution in [2.24, 2.45) is 10.4 Å². The van der Waals surface area contributed by atoms with Gasteiger partial charge in [-0.25, -0.2) is 0 Å². The van der Waals surface area contributed by atoms with E-state index in [1.165, 1.54) is 76.5 Å². The summed E-state index contributed by atoms with van der Waals surface area (Å²) < 4.78 is 0. The summed E-state index contributed by atoms with van der Waals surface area (Å²) in [4.78, 5) is 4.88. The number of nitrogens with one attached hydrogen (secondary N) is 1. The Bertz CT molecular complexity index is 264. The fraction of sp³-hybridized carbons (Fsp3) is 0.938. The van der Waals surface area contributed by atoms with Crippen molar-refractivity contribution < 1.29 is 0 Å². The molecule has 18 heavy (non-hydrogen) atoms. The Morgan fingerprint density at radius 2 is 1.89 bits per heavy atom. The molecule has 1 fully saturated rings. The van der Waals surface area contributed by atoms with Gasteiger partial charge in [0.15, 0.2) is 0 Å². The van der Waals surface area contributed by atoms with Gasteiger partial charge in [-0.15, -0.1) is 0 Å². The van der Waals surface area contributed by atoms with E-state index in [-0.39, 0.29) is 0 Å². The Labute approximate surface area is 113 Å². The second-order valence-electron chi connectivity index (χ2n) is 6.16. The number of hydrogen-bond acceptors (Lipinski definition) is 2. The zero-order valence-corrected chi connectivity index (χ0v) is 12.1. The van der Waals surface area contributed by atoms with Crippen LogP contribution in [0.15, 0.2) is 4.99 Å². The Kier molecular flexibility index (Phi) is 5.52. The van der Waals surface area contributed by atoms with Gasteiger partial charge >= 0.3 is 0 Å². The molecule has 0 saturated heterocycles. The lowest BCUT2D eigenvalue weighted by Crippen LogP contribution is -2.39. The number of amidine groups is 1. The number of rotatable bonds is 6. The third-order valence-electron chi connectivity index (χ3n) is 4.72. The summed E-state index contributed by atoms with van der Waals surface area (Å²) in [6.07, 6.45) is 15.1. The molecule has 1 N–H and O–H groups in total. The summed E-state index contributed by atoms with van der Waals surface area (Å²) in [7, 11) is 0. The van der Waals surface area contributed by atoms with Crippen LogP contribution in [0.2, 0.25) is 0 Å². The number of nitrogens with zero attached hydrogens (tertiary/aromatic N) is 1. The minimum atomic E-state index is 0.443. The monoisotopic (exact) mass is 250 g/mol. The molecule has 0 aromatic heterocycles. The third-order valence-corrected chi connectivity index (χ3v) is 4.72. The van der Waals surface area contributed by atoms with Gasteiger partial charge in [-0.1, -0.05) is 45.4 Å². The van der Waals surface area contributed by atoms with Crippen molar-refractivity contribution in [3.63, 3.8) is 0 Å². The molecule has 0 aromatic carbocycles. The lowest BCUT2D eigenvalue weighted by molar-refractivity contribution is 0.367. The summed E-state index contributed by atoms with van der Waals surface area (Å²) in [6, 6.07) is 0. The lowest BCUT2D eigenvalue weighted by Gasteiger charge is -2.31. The highest BCUT2D eigenvalue weighted by atomic mass is 15.0. The number of unbranched alkanes of at least 4 members (excludes halogenated alkanes) is 3. The average molecular weight is 250 g/mol. The molecule has 1 saturated carbocycles. The largest absolute Gasteiger partial charge is 0.373 e. The molecular weight excluding hydrogens is 220 g/mol. The molecule has 2 aliphatic rings. The van der Waals surface area contributed by atoms with E-state index in [0.717, 1.165) is 13.1 Å². The minimum Gasteiger partial charge on any atom is -0.373 e. The normalized spacial score (nSPS) is 23.3. The number of hydrogen-bond donors (Lipinski definition) is 1. The first-order valence-electron chi connectivity index (χ1n) is 8.16. The molecule has 0 atom stereocenters. The maximum atomic E-state index is 4.88. The van der Waals surface area contributed by atoms with Gasteiger partial charge in [-0.05, 0) is 32.1 Å². The van der Waals surface area contributed by atoms with Crippen molar-refractivity contribution in [3.05, 3.63) is 0 Å². The zero-order valence-electron chi connectivity index (χ0n) is 12.1. The van der Waals surface area contributed by atoms with Crippen LogP contribution in [0.4, 0.5) is 0 Å². The molecule has 2 rings (SSSR count). The summed E-state index contributed by atoms with van der Waals surface area (Å²) in [5.41, 5.74) is 0.443. The molecule has 0 amide bonds. The van der Waals surface area contributed by atoms with Gasteiger partial charge in [0.2, 0.25) is 0 Å². The van der Waals surface area contributed by atoms with Crippen LogP contribution in [-0.4, -0.2) is 18.9 Å². The van der Waals surface area contributed by atoms with Crippen LogP contribution in [-0.2, 0) is 0 Å². The van der Waals surface area contributed by atoms with E-state index in [0.29, 0.717) is 5.41 Å². The van der Waals surface area contributed by atoms with E-state index >= 15 is 0 Å². The molecule has 104 valence electrons. The van der Waals surface area contributed by atoms with Crippen LogP contribution in [0, 0.1) is 5.41 Å². The first-order chi connectivity index (χ1) is 8.87. The van der Waals surface area contributed by atoms with Crippen molar-refractivity contribution in [1.82, 2.24) is 5.32 Å². The van der Waals surface area contributed by atoms with Crippen LogP contribution < -0.4 is 5.32 Å². The molecule has 0 spiro atoms. The highest BCUT2D eigenvalue weighted by molar-refractivity contribution is 5.88. The summed E-state index contributed by atoms with van der Waals surface area (Å²) in [5, 5.41) is 3.66. The van der Waals surface area contributed by atoms with E-state index in [2.05, 4.69) is 12.2 Å². The van der Waals surface area contributed by atoms with Crippen LogP contribution in [0.3, 0.4) is 0 Å². The van der Waals surface area contributed by atoms with E-state index < -0.39 is 0 Å². The Morgan fingerprint density at radius 1 is 1.06 bits per heavy atom. The van der Waals surface area contributed by atoms with Crippen molar-refractivity contribution >= 4 is 5.84 Å². The van der Waals surface area contributed by atoms with Gasteiger partial charge in [-0.2, -0.15) is 0 Å². The third kappa shape index (κ3) is 3.49. The van der Waals surface area contributed by atoms with E-state index in [4.69, 9.17) is 4.99 Å². The molecule has 2 nitrogen and oxygen atoms in total. The quantitative estimate of drug-likeness (QED) is 0.698. The summed E-state index contributed by atoms with van der Waals surface area (Å²) in [5.74, 6) is 1.38.